The Morgan fingerprint density at radius 3 is 2.40 bits per heavy atom. The summed E-state index contributed by atoms with van der Waals surface area (Å²) >= 11 is 1.24. The minimum atomic E-state index is -0.956. The van der Waals surface area contributed by atoms with Gasteiger partial charge in [0.2, 0.25) is 5.91 Å². The molecule has 2 bridgehead atoms. The highest BCUT2D eigenvalue weighted by atomic mass is 32.1. The van der Waals surface area contributed by atoms with Gasteiger partial charge < -0.3 is 15.2 Å². The molecular weight excluding hydrogens is 402 g/mol. The zero-order valence-corrected chi connectivity index (χ0v) is 17.5. The van der Waals surface area contributed by atoms with Crippen LogP contribution in [0.15, 0.2) is 47.9 Å². The average molecular weight is 426 g/mol. The minimum absolute atomic E-state index is 0.0873. The molecule has 4 unspecified atom stereocenters. The van der Waals surface area contributed by atoms with Crippen LogP contribution in [0.4, 0.5) is 5.00 Å². The summed E-state index contributed by atoms with van der Waals surface area (Å²) in [6, 6.07) is 9.42. The highest BCUT2D eigenvalue weighted by Gasteiger charge is 2.51. The molecule has 2 aliphatic rings. The maximum atomic E-state index is 13.1. The number of nitrogens with one attached hydrogen (secondary N) is 1. The van der Waals surface area contributed by atoms with E-state index >= 15 is 0 Å². The van der Waals surface area contributed by atoms with Crippen LogP contribution in [-0.4, -0.2) is 29.1 Å². The number of esters is 1. The van der Waals surface area contributed by atoms with Crippen LogP contribution in [0.25, 0.3) is 11.1 Å². The number of fused-ring (bicyclic) bond motifs is 2. The molecule has 156 valence electrons. The van der Waals surface area contributed by atoms with E-state index in [2.05, 4.69) is 5.32 Å². The molecule has 0 saturated heterocycles. The minimum Gasteiger partial charge on any atom is -0.481 e. The Hall–Kier alpha value is -2.93. The molecular formula is C23H23NO5S. The highest BCUT2D eigenvalue weighted by molar-refractivity contribution is 7.15. The third-order valence-electron chi connectivity index (χ3n) is 5.71. The van der Waals surface area contributed by atoms with E-state index in [9.17, 15) is 19.5 Å². The molecule has 1 aromatic heterocycles. The molecule has 0 aliphatic heterocycles. The van der Waals surface area contributed by atoms with E-state index in [4.69, 9.17) is 4.74 Å². The second-order valence-corrected chi connectivity index (χ2v) is 8.88. The number of carbonyl (C=O) groups excluding carboxylic acids is 2. The number of carbonyl (C=O) groups is 3. The Bertz CT molecular complexity index is 1010. The SMILES string of the molecule is CC(C)OC(=O)c1c(-c2ccccc2)csc1NC(=O)C1C2C=CC(C2)C1C(=O)O. The normalized spacial score (nSPS) is 24.2. The first-order valence-electron chi connectivity index (χ1n) is 9.96. The van der Waals surface area contributed by atoms with E-state index < -0.39 is 23.8 Å². The van der Waals surface area contributed by atoms with E-state index in [0.717, 1.165) is 5.56 Å². The van der Waals surface area contributed by atoms with Crippen molar-refractivity contribution in [2.75, 3.05) is 5.32 Å². The van der Waals surface area contributed by atoms with E-state index in [-0.39, 0.29) is 23.8 Å². The van der Waals surface area contributed by atoms with Crippen molar-refractivity contribution in [1.82, 2.24) is 0 Å². The lowest BCUT2D eigenvalue weighted by Gasteiger charge is -2.23. The van der Waals surface area contributed by atoms with E-state index in [1.54, 1.807) is 13.8 Å². The van der Waals surface area contributed by atoms with Crippen molar-refractivity contribution in [2.24, 2.45) is 23.7 Å². The molecule has 4 rings (SSSR count). The number of rotatable bonds is 6. The van der Waals surface area contributed by atoms with Gasteiger partial charge in [-0.15, -0.1) is 11.3 Å². The summed E-state index contributed by atoms with van der Waals surface area (Å²) in [5.41, 5.74) is 1.83. The first-order valence-corrected chi connectivity index (χ1v) is 10.8. The Morgan fingerprint density at radius 2 is 1.77 bits per heavy atom. The van der Waals surface area contributed by atoms with Crippen molar-refractivity contribution < 1.29 is 24.2 Å². The van der Waals surface area contributed by atoms with Gasteiger partial charge in [-0.2, -0.15) is 0 Å². The van der Waals surface area contributed by atoms with Crippen molar-refractivity contribution in [1.29, 1.82) is 0 Å². The summed E-state index contributed by atoms with van der Waals surface area (Å²) in [6.07, 6.45) is 4.21. The maximum absolute atomic E-state index is 13.1. The molecule has 1 aromatic carbocycles. The number of carboxylic acids is 1. The second kappa shape index (κ2) is 8.07. The predicted molar refractivity (Wildman–Crippen MR) is 114 cm³/mol. The number of ether oxygens (including phenoxy) is 1. The molecule has 7 heteroatoms. The number of aliphatic carboxylic acids is 1. The standard InChI is InChI=1S/C23H23NO5S/c1-12(2)29-23(28)19-16(13-6-4-3-5-7-13)11-30-21(19)24-20(25)17-14-8-9-15(10-14)18(17)22(26)27/h3-9,11-12,14-15,17-18H,10H2,1-2H3,(H,24,25)(H,26,27). The zero-order chi connectivity index (χ0) is 21.4. The lowest BCUT2D eigenvalue weighted by molar-refractivity contribution is -0.146. The summed E-state index contributed by atoms with van der Waals surface area (Å²) in [6.45, 7) is 3.54. The number of allylic oxidation sites excluding steroid dienone is 2. The number of thiophene rings is 1. The van der Waals surface area contributed by atoms with Crippen LogP contribution in [0.2, 0.25) is 0 Å². The van der Waals surface area contributed by atoms with E-state index in [1.807, 2.05) is 47.9 Å². The summed E-state index contributed by atoms with van der Waals surface area (Å²) in [5.74, 6) is -3.41. The monoisotopic (exact) mass is 425 g/mol. The van der Waals surface area contributed by atoms with Gasteiger partial charge in [-0.25, -0.2) is 4.79 Å². The largest absolute Gasteiger partial charge is 0.481 e. The van der Waals surface area contributed by atoms with Gasteiger partial charge in [0.05, 0.1) is 17.9 Å². The first kappa shape index (κ1) is 20.3. The molecule has 30 heavy (non-hydrogen) atoms. The summed E-state index contributed by atoms with van der Waals surface area (Å²) in [5, 5.41) is 14.7. The molecule has 1 amide bonds. The van der Waals surface area contributed by atoms with Crippen LogP contribution >= 0.6 is 11.3 Å². The van der Waals surface area contributed by atoms with E-state index in [1.165, 1.54) is 11.3 Å². The van der Waals surface area contributed by atoms with Crippen molar-refractivity contribution in [3.8, 4) is 11.1 Å². The van der Waals surface area contributed by atoms with E-state index in [0.29, 0.717) is 22.5 Å². The van der Waals surface area contributed by atoms with Gasteiger partial charge in [0, 0.05) is 10.9 Å². The van der Waals surface area contributed by atoms with Gasteiger partial charge in [0.25, 0.3) is 0 Å². The van der Waals surface area contributed by atoms with Gasteiger partial charge in [0.15, 0.2) is 0 Å². The van der Waals surface area contributed by atoms with Crippen LogP contribution in [-0.2, 0) is 14.3 Å². The average Bonchev–Trinajstić information content (AvgIpc) is 3.42. The van der Waals surface area contributed by atoms with Gasteiger partial charge in [0.1, 0.15) is 10.6 Å². The quantitative estimate of drug-likeness (QED) is 0.527. The Labute approximate surface area is 178 Å². The molecule has 1 saturated carbocycles. The van der Waals surface area contributed by atoms with Crippen molar-refractivity contribution in [3.05, 3.63) is 53.4 Å². The topological polar surface area (TPSA) is 92.7 Å². The molecule has 2 N–H and O–H groups in total. The van der Waals surface area contributed by atoms with Crippen LogP contribution < -0.4 is 5.32 Å². The third kappa shape index (κ3) is 3.65. The third-order valence-corrected chi connectivity index (χ3v) is 6.60. The number of hydrogen-bond donors (Lipinski definition) is 2. The summed E-state index contributed by atoms with van der Waals surface area (Å²) < 4.78 is 5.42. The highest BCUT2D eigenvalue weighted by Crippen LogP contribution is 2.49. The fraction of sp³-hybridized carbons (Fsp3) is 0.348. The fourth-order valence-electron chi connectivity index (χ4n) is 4.47. The maximum Gasteiger partial charge on any atom is 0.342 e. The molecule has 0 radical (unpaired) electrons. The second-order valence-electron chi connectivity index (χ2n) is 8.00. The predicted octanol–water partition coefficient (Wildman–Crippen LogP) is 4.44. The van der Waals surface area contributed by atoms with Gasteiger partial charge >= 0.3 is 11.9 Å². The Kier molecular flexibility index (Phi) is 5.47. The number of amides is 1. The summed E-state index contributed by atoms with van der Waals surface area (Å²) in [7, 11) is 0. The van der Waals surface area contributed by atoms with Crippen LogP contribution in [0, 0.1) is 23.7 Å². The molecule has 2 aromatic rings. The summed E-state index contributed by atoms with van der Waals surface area (Å²) in [4.78, 5) is 37.7. The molecule has 2 aliphatic carbocycles. The van der Waals surface area contributed by atoms with Gasteiger partial charge in [-0.3, -0.25) is 9.59 Å². The number of hydrogen-bond acceptors (Lipinski definition) is 5. The van der Waals surface area contributed by atoms with Crippen LogP contribution in [0.5, 0.6) is 0 Å². The number of benzene rings is 1. The molecule has 0 spiro atoms. The first-order chi connectivity index (χ1) is 14.4. The molecule has 6 nitrogen and oxygen atoms in total. The Balaban J connectivity index is 1.66. The van der Waals surface area contributed by atoms with Crippen molar-refractivity contribution in [2.45, 2.75) is 26.4 Å². The molecule has 1 fully saturated rings. The molecule has 4 atom stereocenters. The Morgan fingerprint density at radius 1 is 1.10 bits per heavy atom. The van der Waals surface area contributed by atoms with Crippen LogP contribution in [0.1, 0.15) is 30.6 Å². The zero-order valence-electron chi connectivity index (χ0n) is 16.7. The fourth-order valence-corrected chi connectivity index (χ4v) is 5.43. The van der Waals surface area contributed by atoms with Gasteiger partial charge in [-0.1, -0.05) is 42.5 Å². The van der Waals surface area contributed by atoms with Crippen LogP contribution in [0.3, 0.4) is 0 Å². The number of anilines is 1. The smallest absolute Gasteiger partial charge is 0.342 e. The number of carboxylic acid groups (broad SMARTS) is 1. The van der Waals surface area contributed by atoms with Gasteiger partial charge in [-0.05, 0) is 37.7 Å². The molecule has 1 heterocycles. The van der Waals surface area contributed by atoms with Crippen molar-refractivity contribution >= 4 is 34.2 Å². The lowest BCUT2D eigenvalue weighted by Crippen LogP contribution is -2.36. The lowest BCUT2D eigenvalue weighted by atomic mass is 9.82. The van der Waals surface area contributed by atoms with Crippen molar-refractivity contribution in [3.63, 3.8) is 0 Å².